The Kier molecular flexibility index (Phi) is 4.88. The van der Waals surface area contributed by atoms with Crippen molar-refractivity contribution in [2.45, 2.75) is 13.8 Å². The molecular formula is C12H18OS. The van der Waals surface area contributed by atoms with E-state index in [1.54, 1.807) is 0 Å². The lowest BCUT2D eigenvalue weighted by molar-refractivity contribution is 0.227. The van der Waals surface area contributed by atoms with Crippen LogP contribution in [0.15, 0.2) is 30.3 Å². The molecule has 1 atom stereocenters. The summed E-state index contributed by atoms with van der Waals surface area (Å²) in [6.45, 7) is 5.16. The lowest BCUT2D eigenvalue weighted by Crippen LogP contribution is -2.19. The number of hydrogen-bond donors (Lipinski definition) is 1. The third kappa shape index (κ3) is 3.62. The highest BCUT2D eigenvalue weighted by Crippen LogP contribution is 2.15. The fraction of sp³-hybridized carbons (Fsp3) is 0.500. The Balaban J connectivity index is 2.40. The van der Waals surface area contributed by atoms with Gasteiger partial charge in [-0.3, -0.25) is 0 Å². The molecule has 0 aliphatic heterocycles. The second-order valence-electron chi connectivity index (χ2n) is 3.81. The molecule has 0 saturated heterocycles. The molecule has 0 heterocycles. The number of para-hydroxylation sites is 1. The van der Waals surface area contributed by atoms with Crippen molar-refractivity contribution in [3.63, 3.8) is 0 Å². The summed E-state index contributed by atoms with van der Waals surface area (Å²) >= 11 is 4.32. The summed E-state index contributed by atoms with van der Waals surface area (Å²) in [4.78, 5) is 0. The van der Waals surface area contributed by atoms with Crippen molar-refractivity contribution in [2.75, 3.05) is 12.4 Å². The molecule has 0 amide bonds. The lowest BCUT2D eigenvalue weighted by atomic mass is 9.99. The van der Waals surface area contributed by atoms with Gasteiger partial charge in [-0.15, -0.1) is 0 Å². The number of rotatable bonds is 5. The number of ether oxygens (including phenoxy) is 1. The maximum atomic E-state index is 5.67. The monoisotopic (exact) mass is 210 g/mol. The molecule has 0 radical (unpaired) electrons. The van der Waals surface area contributed by atoms with E-state index < -0.39 is 0 Å². The van der Waals surface area contributed by atoms with Crippen molar-refractivity contribution in [2.24, 2.45) is 11.8 Å². The van der Waals surface area contributed by atoms with E-state index in [0.717, 1.165) is 18.1 Å². The summed E-state index contributed by atoms with van der Waals surface area (Å²) in [7, 11) is 0. The first kappa shape index (κ1) is 11.4. The van der Waals surface area contributed by atoms with Crippen LogP contribution in [0, 0.1) is 11.8 Å². The van der Waals surface area contributed by atoms with Crippen LogP contribution in [0.4, 0.5) is 0 Å². The zero-order valence-electron chi connectivity index (χ0n) is 8.81. The Hall–Kier alpha value is -0.630. The SMILES string of the molecule is CC(C)C(CS)COc1ccccc1. The Labute approximate surface area is 91.9 Å². The van der Waals surface area contributed by atoms with Gasteiger partial charge in [0.1, 0.15) is 5.75 Å². The normalized spacial score (nSPS) is 12.9. The van der Waals surface area contributed by atoms with E-state index in [1.165, 1.54) is 0 Å². The molecule has 1 aromatic rings. The van der Waals surface area contributed by atoms with Gasteiger partial charge in [0.25, 0.3) is 0 Å². The smallest absolute Gasteiger partial charge is 0.119 e. The van der Waals surface area contributed by atoms with Gasteiger partial charge in [0.15, 0.2) is 0 Å². The van der Waals surface area contributed by atoms with Gasteiger partial charge in [0.2, 0.25) is 0 Å². The van der Waals surface area contributed by atoms with Crippen molar-refractivity contribution in [1.29, 1.82) is 0 Å². The summed E-state index contributed by atoms with van der Waals surface area (Å²) in [5.41, 5.74) is 0. The Bertz CT molecular complexity index is 246. The molecule has 0 aromatic heterocycles. The van der Waals surface area contributed by atoms with Crippen LogP contribution in [-0.2, 0) is 0 Å². The van der Waals surface area contributed by atoms with Crippen LogP contribution in [-0.4, -0.2) is 12.4 Å². The molecule has 0 fully saturated rings. The van der Waals surface area contributed by atoms with E-state index in [9.17, 15) is 0 Å². The Morgan fingerprint density at radius 1 is 1.21 bits per heavy atom. The van der Waals surface area contributed by atoms with Gasteiger partial charge in [0, 0.05) is 5.92 Å². The first-order chi connectivity index (χ1) is 6.74. The molecule has 1 unspecified atom stereocenters. The first-order valence-electron chi connectivity index (χ1n) is 5.02. The van der Waals surface area contributed by atoms with Crippen LogP contribution in [0.2, 0.25) is 0 Å². The van der Waals surface area contributed by atoms with Gasteiger partial charge in [-0.05, 0) is 23.8 Å². The predicted octanol–water partition coefficient (Wildman–Crippen LogP) is 3.27. The standard InChI is InChI=1S/C12H18OS/c1-10(2)11(9-14)8-13-12-6-4-3-5-7-12/h3-7,10-11,14H,8-9H2,1-2H3. The average molecular weight is 210 g/mol. The quantitative estimate of drug-likeness (QED) is 0.734. The molecule has 0 N–H and O–H groups in total. The van der Waals surface area contributed by atoms with Gasteiger partial charge in [0.05, 0.1) is 6.61 Å². The summed E-state index contributed by atoms with van der Waals surface area (Å²) in [5, 5.41) is 0. The van der Waals surface area contributed by atoms with Crippen LogP contribution in [0.5, 0.6) is 5.75 Å². The van der Waals surface area contributed by atoms with E-state index in [1.807, 2.05) is 30.3 Å². The van der Waals surface area contributed by atoms with Crippen LogP contribution in [0.25, 0.3) is 0 Å². The molecule has 0 bridgehead atoms. The van der Waals surface area contributed by atoms with Crippen molar-refractivity contribution < 1.29 is 4.74 Å². The Morgan fingerprint density at radius 2 is 1.86 bits per heavy atom. The van der Waals surface area contributed by atoms with E-state index >= 15 is 0 Å². The topological polar surface area (TPSA) is 9.23 Å². The van der Waals surface area contributed by atoms with Crippen molar-refractivity contribution in [3.8, 4) is 5.75 Å². The summed E-state index contributed by atoms with van der Waals surface area (Å²) in [6.07, 6.45) is 0. The maximum absolute atomic E-state index is 5.67. The third-order valence-electron chi connectivity index (χ3n) is 2.38. The second kappa shape index (κ2) is 5.97. The molecule has 0 spiro atoms. The predicted molar refractivity (Wildman–Crippen MR) is 64.1 cm³/mol. The fourth-order valence-corrected chi connectivity index (χ4v) is 1.70. The van der Waals surface area contributed by atoms with Crippen LogP contribution in [0.3, 0.4) is 0 Å². The lowest BCUT2D eigenvalue weighted by Gasteiger charge is -2.18. The average Bonchev–Trinajstić information content (AvgIpc) is 2.20. The molecule has 0 aliphatic rings. The summed E-state index contributed by atoms with van der Waals surface area (Å²) < 4.78 is 5.67. The minimum atomic E-state index is 0.526. The molecule has 0 aliphatic carbocycles. The second-order valence-corrected chi connectivity index (χ2v) is 4.18. The van der Waals surface area contributed by atoms with E-state index in [4.69, 9.17) is 4.74 Å². The molecule has 1 aromatic carbocycles. The van der Waals surface area contributed by atoms with Crippen molar-refractivity contribution in [1.82, 2.24) is 0 Å². The minimum absolute atomic E-state index is 0.526. The molecule has 1 rings (SSSR count). The van der Waals surface area contributed by atoms with Crippen LogP contribution in [0.1, 0.15) is 13.8 Å². The molecule has 78 valence electrons. The molecule has 0 saturated carbocycles. The Morgan fingerprint density at radius 3 is 2.36 bits per heavy atom. The largest absolute Gasteiger partial charge is 0.493 e. The fourth-order valence-electron chi connectivity index (χ4n) is 1.18. The third-order valence-corrected chi connectivity index (χ3v) is 2.85. The zero-order valence-corrected chi connectivity index (χ0v) is 9.71. The minimum Gasteiger partial charge on any atom is -0.493 e. The van der Waals surface area contributed by atoms with Gasteiger partial charge in [-0.1, -0.05) is 32.0 Å². The zero-order chi connectivity index (χ0) is 10.4. The van der Waals surface area contributed by atoms with Gasteiger partial charge in [-0.2, -0.15) is 12.6 Å². The summed E-state index contributed by atoms with van der Waals surface area (Å²) in [6, 6.07) is 9.93. The number of hydrogen-bond acceptors (Lipinski definition) is 2. The highest BCUT2D eigenvalue weighted by Gasteiger charge is 2.11. The molecular weight excluding hydrogens is 192 g/mol. The van der Waals surface area contributed by atoms with E-state index in [0.29, 0.717) is 11.8 Å². The van der Waals surface area contributed by atoms with E-state index in [-0.39, 0.29) is 0 Å². The van der Waals surface area contributed by atoms with Crippen LogP contribution >= 0.6 is 12.6 Å². The van der Waals surface area contributed by atoms with Gasteiger partial charge in [-0.25, -0.2) is 0 Å². The highest BCUT2D eigenvalue weighted by molar-refractivity contribution is 7.80. The maximum Gasteiger partial charge on any atom is 0.119 e. The molecule has 1 nitrogen and oxygen atoms in total. The van der Waals surface area contributed by atoms with Crippen molar-refractivity contribution in [3.05, 3.63) is 30.3 Å². The van der Waals surface area contributed by atoms with Crippen LogP contribution < -0.4 is 4.74 Å². The molecule has 14 heavy (non-hydrogen) atoms. The number of thiol groups is 1. The van der Waals surface area contributed by atoms with Gasteiger partial charge >= 0.3 is 0 Å². The number of benzene rings is 1. The highest BCUT2D eigenvalue weighted by atomic mass is 32.1. The van der Waals surface area contributed by atoms with E-state index in [2.05, 4.69) is 26.5 Å². The van der Waals surface area contributed by atoms with Crippen molar-refractivity contribution >= 4 is 12.6 Å². The first-order valence-corrected chi connectivity index (χ1v) is 5.66. The molecule has 2 heteroatoms. The summed E-state index contributed by atoms with van der Waals surface area (Å²) in [5.74, 6) is 2.97. The van der Waals surface area contributed by atoms with Gasteiger partial charge < -0.3 is 4.74 Å².